The molecule has 0 bridgehead atoms. The molecule has 1 unspecified atom stereocenters. The SMILES string of the molecule is Cl.O=C(CC1NCCN(Cc2cccc(Br)c2)C1=O)N1CCCCC1. The summed E-state index contributed by atoms with van der Waals surface area (Å²) in [6.07, 6.45) is 3.62. The highest BCUT2D eigenvalue weighted by Gasteiger charge is 2.31. The number of carbonyl (C=O) groups excluding carboxylic acids is 2. The molecule has 0 aromatic heterocycles. The maximum atomic E-state index is 12.7. The fraction of sp³-hybridized carbons (Fsp3) is 0.556. The topological polar surface area (TPSA) is 52.7 Å². The van der Waals surface area contributed by atoms with Gasteiger partial charge in [-0.2, -0.15) is 0 Å². The van der Waals surface area contributed by atoms with Gasteiger partial charge in [0.15, 0.2) is 0 Å². The lowest BCUT2D eigenvalue weighted by Crippen LogP contribution is -2.56. The second-order valence-corrected chi connectivity index (χ2v) is 7.46. The molecule has 0 saturated carbocycles. The number of benzene rings is 1. The fourth-order valence-corrected chi connectivity index (χ4v) is 3.86. The third-order valence-electron chi connectivity index (χ3n) is 4.73. The normalized spacial score (nSPS) is 21.0. The van der Waals surface area contributed by atoms with Gasteiger partial charge in [0, 0.05) is 37.2 Å². The number of carbonyl (C=O) groups is 2. The molecule has 2 amide bonds. The van der Waals surface area contributed by atoms with Crippen LogP contribution in [0.3, 0.4) is 0 Å². The number of rotatable bonds is 4. The van der Waals surface area contributed by atoms with Crippen LogP contribution in [-0.2, 0) is 16.1 Å². The van der Waals surface area contributed by atoms with Gasteiger partial charge in [-0.25, -0.2) is 0 Å². The number of hydrogen-bond acceptors (Lipinski definition) is 3. The van der Waals surface area contributed by atoms with E-state index in [-0.39, 0.29) is 36.7 Å². The van der Waals surface area contributed by atoms with Crippen LogP contribution in [0.5, 0.6) is 0 Å². The van der Waals surface area contributed by atoms with Crippen molar-refractivity contribution in [3.05, 3.63) is 34.3 Å². The molecule has 3 rings (SSSR count). The van der Waals surface area contributed by atoms with Crippen molar-refractivity contribution in [2.45, 2.75) is 38.3 Å². The number of halogens is 2. The minimum Gasteiger partial charge on any atom is -0.343 e. The summed E-state index contributed by atoms with van der Waals surface area (Å²) in [7, 11) is 0. The number of nitrogens with zero attached hydrogens (tertiary/aromatic N) is 2. The second-order valence-electron chi connectivity index (χ2n) is 6.54. The summed E-state index contributed by atoms with van der Waals surface area (Å²) in [6.45, 7) is 3.68. The van der Waals surface area contributed by atoms with Gasteiger partial charge in [-0.3, -0.25) is 9.59 Å². The van der Waals surface area contributed by atoms with E-state index in [1.807, 2.05) is 34.1 Å². The average Bonchev–Trinajstić information content (AvgIpc) is 2.59. The van der Waals surface area contributed by atoms with E-state index in [9.17, 15) is 9.59 Å². The molecular formula is C18H25BrClN3O2. The molecule has 138 valence electrons. The Hall–Kier alpha value is -1.11. The molecule has 7 heteroatoms. The maximum Gasteiger partial charge on any atom is 0.240 e. The van der Waals surface area contributed by atoms with E-state index in [4.69, 9.17) is 0 Å². The van der Waals surface area contributed by atoms with Gasteiger partial charge in [0.25, 0.3) is 0 Å². The first-order valence-electron chi connectivity index (χ1n) is 8.68. The summed E-state index contributed by atoms with van der Waals surface area (Å²) < 4.78 is 1.01. The molecule has 1 aromatic rings. The number of likely N-dealkylation sites (tertiary alicyclic amines) is 1. The van der Waals surface area contributed by atoms with Crippen molar-refractivity contribution in [2.24, 2.45) is 0 Å². The Labute approximate surface area is 163 Å². The van der Waals surface area contributed by atoms with Gasteiger partial charge < -0.3 is 15.1 Å². The molecule has 2 aliphatic heterocycles. The molecule has 0 spiro atoms. The Balaban J connectivity index is 0.00000225. The fourth-order valence-electron chi connectivity index (χ4n) is 3.41. The highest BCUT2D eigenvalue weighted by atomic mass is 79.9. The van der Waals surface area contributed by atoms with Gasteiger partial charge in [-0.1, -0.05) is 28.1 Å². The van der Waals surface area contributed by atoms with Crippen molar-refractivity contribution in [1.82, 2.24) is 15.1 Å². The summed E-state index contributed by atoms with van der Waals surface area (Å²) in [5.74, 6) is 0.136. The molecule has 2 saturated heterocycles. The average molecular weight is 431 g/mol. The molecule has 0 radical (unpaired) electrons. The third-order valence-corrected chi connectivity index (χ3v) is 5.23. The molecule has 2 aliphatic rings. The van der Waals surface area contributed by atoms with E-state index in [1.165, 1.54) is 6.42 Å². The van der Waals surface area contributed by atoms with Crippen LogP contribution in [0.4, 0.5) is 0 Å². The first-order chi connectivity index (χ1) is 11.6. The van der Waals surface area contributed by atoms with Crippen LogP contribution < -0.4 is 5.32 Å². The molecule has 0 aliphatic carbocycles. The van der Waals surface area contributed by atoms with Crippen LogP contribution in [0.1, 0.15) is 31.2 Å². The summed E-state index contributed by atoms with van der Waals surface area (Å²) >= 11 is 3.46. The number of hydrogen-bond donors (Lipinski definition) is 1. The van der Waals surface area contributed by atoms with Crippen molar-refractivity contribution in [3.8, 4) is 0 Å². The molecule has 1 N–H and O–H groups in total. The Morgan fingerprint density at radius 1 is 1.20 bits per heavy atom. The van der Waals surface area contributed by atoms with Crippen molar-refractivity contribution in [3.63, 3.8) is 0 Å². The highest BCUT2D eigenvalue weighted by molar-refractivity contribution is 9.10. The van der Waals surface area contributed by atoms with Gasteiger partial charge >= 0.3 is 0 Å². The lowest BCUT2D eigenvalue weighted by Gasteiger charge is -2.34. The van der Waals surface area contributed by atoms with E-state index in [2.05, 4.69) is 21.2 Å². The number of piperidine rings is 1. The monoisotopic (exact) mass is 429 g/mol. The first kappa shape index (κ1) is 20.2. The van der Waals surface area contributed by atoms with Gasteiger partial charge in [0.05, 0.1) is 12.5 Å². The molecule has 2 heterocycles. The molecular weight excluding hydrogens is 406 g/mol. The van der Waals surface area contributed by atoms with Gasteiger partial charge in [0.1, 0.15) is 0 Å². The summed E-state index contributed by atoms with van der Waals surface area (Å²) in [6, 6.07) is 7.62. The summed E-state index contributed by atoms with van der Waals surface area (Å²) in [5.41, 5.74) is 1.10. The largest absolute Gasteiger partial charge is 0.343 e. The Morgan fingerprint density at radius 2 is 1.96 bits per heavy atom. The zero-order chi connectivity index (χ0) is 16.9. The molecule has 25 heavy (non-hydrogen) atoms. The van der Waals surface area contributed by atoms with Crippen molar-refractivity contribution in [1.29, 1.82) is 0 Å². The quantitative estimate of drug-likeness (QED) is 0.799. The van der Waals surface area contributed by atoms with Crippen molar-refractivity contribution >= 4 is 40.2 Å². The van der Waals surface area contributed by atoms with Crippen LogP contribution >= 0.6 is 28.3 Å². The molecule has 1 aromatic carbocycles. The van der Waals surface area contributed by atoms with Crippen LogP contribution in [0.2, 0.25) is 0 Å². The van der Waals surface area contributed by atoms with Crippen LogP contribution in [-0.4, -0.2) is 53.8 Å². The Kier molecular flexibility index (Phi) is 7.72. The van der Waals surface area contributed by atoms with Crippen molar-refractivity contribution < 1.29 is 9.59 Å². The minimum absolute atomic E-state index is 0. The lowest BCUT2D eigenvalue weighted by molar-refractivity contribution is -0.141. The predicted octanol–water partition coefficient (Wildman–Crippen LogP) is 2.57. The smallest absolute Gasteiger partial charge is 0.240 e. The Morgan fingerprint density at radius 3 is 2.68 bits per heavy atom. The van der Waals surface area contributed by atoms with E-state index in [1.54, 1.807) is 0 Å². The van der Waals surface area contributed by atoms with E-state index in [0.29, 0.717) is 13.1 Å². The van der Waals surface area contributed by atoms with Crippen LogP contribution in [0.15, 0.2) is 28.7 Å². The molecule has 1 atom stereocenters. The van der Waals surface area contributed by atoms with Crippen LogP contribution in [0, 0.1) is 0 Å². The molecule has 5 nitrogen and oxygen atoms in total. The van der Waals surface area contributed by atoms with E-state index in [0.717, 1.165) is 42.5 Å². The van der Waals surface area contributed by atoms with E-state index >= 15 is 0 Å². The van der Waals surface area contributed by atoms with Gasteiger partial charge in [0.2, 0.25) is 11.8 Å². The number of amides is 2. The summed E-state index contributed by atoms with van der Waals surface area (Å²) in [4.78, 5) is 28.9. The second kappa shape index (κ2) is 9.55. The number of nitrogens with one attached hydrogen (secondary N) is 1. The van der Waals surface area contributed by atoms with E-state index < -0.39 is 0 Å². The zero-order valence-electron chi connectivity index (χ0n) is 14.2. The van der Waals surface area contributed by atoms with Crippen molar-refractivity contribution in [2.75, 3.05) is 26.2 Å². The predicted molar refractivity (Wildman–Crippen MR) is 104 cm³/mol. The first-order valence-corrected chi connectivity index (χ1v) is 9.47. The van der Waals surface area contributed by atoms with Gasteiger partial charge in [-0.15, -0.1) is 12.4 Å². The van der Waals surface area contributed by atoms with Gasteiger partial charge in [-0.05, 0) is 37.0 Å². The lowest BCUT2D eigenvalue weighted by atomic mass is 10.1. The minimum atomic E-state index is -0.389. The third kappa shape index (κ3) is 5.43. The zero-order valence-corrected chi connectivity index (χ0v) is 16.7. The summed E-state index contributed by atoms with van der Waals surface area (Å²) in [5, 5.41) is 3.22. The van der Waals surface area contributed by atoms with Crippen LogP contribution in [0.25, 0.3) is 0 Å². The maximum absolute atomic E-state index is 12.7. The highest BCUT2D eigenvalue weighted by Crippen LogP contribution is 2.17. The Bertz CT molecular complexity index is 608. The standard InChI is InChI=1S/C18H24BrN3O2.ClH/c19-15-6-4-5-14(11-15)13-22-10-7-20-16(18(22)24)12-17(23)21-8-2-1-3-9-21;/h4-6,11,16,20H,1-3,7-10,12-13H2;1H. The molecule has 2 fully saturated rings. The number of piperazine rings is 1.